The van der Waals surface area contributed by atoms with Gasteiger partial charge in [-0.25, -0.2) is 4.79 Å². The van der Waals surface area contributed by atoms with E-state index in [0.29, 0.717) is 30.2 Å². The molecule has 0 aliphatic heterocycles. The maximum absolute atomic E-state index is 12.2. The Morgan fingerprint density at radius 2 is 2.22 bits per heavy atom. The molecule has 0 aliphatic carbocycles. The van der Waals surface area contributed by atoms with Crippen LogP contribution in [0.4, 0.5) is 5.82 Å². The largest absolute Gasteiger partial charge is 0.464 e. The first-order valence-corrected chi connectivity index (χ1v) is 7.54. The number of nitrogens with one attached hydrogen (secondary N) is 1. The Bertz CT molecular complexity index is 887. The number of anilines is 1. The van der Waals surface area contributed by atoms with Crippen molar-refractivity contribution in [2.45, 2.75) is 19.3 Å². The van der Waals surface area contributed by atoms with E-state index in [1.807, 2.05) is 19.1 Å². The van der Waals surface area contributed by atoms with Crippen molar-refractivity contribution in [3.63, 3.8) is 0 Å². The quantitative estimate of drug-likeness (QED) is 0.680. The normalized spacial score (nSPS) is 11.0. The minimum atomic E-state index is -0.323. The average Bonchev–Trinajstić information content (AvgIpc) is 2.86. The Morgan fingerprint density at radius 1 is 1.39 bits per heavy atom. The fourth-order valence-corrected chi connectivity index (χ4v) is 2.34. The summed E-state index contributed by atoms with van der Waals surface area (Å²) in [5.41, 5.74) is 7.94. The summed E-state index contributed by atoms with van der Waals surface area (Å²) in [5.74, 6) is 0.513. The Morgan fingerprint density at radius 3 is 2.87 bits per heavy atom. The number of H-pyrrole nitrogens is 1. The van der Waals surface area contributed by atoms with Crippen LogP contribution in [0.15, 0.2) is 23.1 Å². The van der Waals surface area contributed by atoms with Gasteiger partial charge in [0, 0.05) is 6.20 Å². The van der Waals surface area contributed by atoms with Crippen molar-refractivity contribution in [3.05, 3.63) is 40.1 Å². The highest BCUT2D eigenvalue weighted by atomic mass is 35.5. The summed E-state index contributed by atoms with van der Waals surface area (Å²) in [5, 5.41) is 0. The van der Waals surface area contributed by atoms with Gasteiger partial charge in [-0.2, -0.15) is 9.97 Å². The van der Waals surface area contributed by atoms with Gasteiger partial charge in [0.05, 0.1) is 24.7 Å². The van der Waals surface area contributed by atoms with Gasteiger partial charge in [0.15, 0.2) is 11.5 Å². The molecule has 0 saturated heterocycles. The molecule has 3 rings (SSSR count). The second-order valence-electron chi connectivity index (χ2n) is 4.83. The predicted octanol–water partition coefficient (Wildman–Crippen LogP) is 1.28. The highest BCUT2D eigenvalue weighted by Gasteiger charge is 2.14. The maximum Gasteiger partial charge on any atom is 0.328 e. The average molecular weight is 335 g/mol. The highest BCUT2D eigenvalue weighted by molar-refractivity contribution is 6.16. The summed E-state index contributed by atoms with van der Waals surface area (Å²) in [6.07, 6.45) is 1.68. The molecule has 3 aromatic rings. The van der Waals surface area contributed by atoms with Crippen LogP contribution in [0.1, 0.15) is 18.2 Å². The molecule has 0 atom stereocenters. The minimum absolute atomic E-state index is 0.140. The molecule has 3 heterocycles. The third-order valence-corrected chi connectivity index (χ3v) is 3.54. The van der Waals surface area contributed by atoms with Crippen molar-refractivity contribution in [2.24, 2.45) is 0 Å². The molecule has 0 saturated carbocycles. The number of ether oxygens (including phenoxy) is 1. The molecule has 3 N–H and O–H groups in total. The van der Waals surface area contributed by atoms with Crippen LogP contribution in [0.3, 0.4) is 0 Å². The fraction of sp³-hybridized carbons (Fsp3) is 0.286. The molecule has 0 aliphatic rings. The van der Waals surface area contributed by atoms with Crippen LogP contribution in [0.25, 0.3) is 11.2 Å². The van der Waals surface area contributed by atoms with E-state index in [1.165, 1.54) is 4.57 Å². The third-order valence-electron chi connectivity index (χ3n) is 3.27. The van der Waals surface area contributed by atoms with Crippen molar-refractivity contribution in [3.8, 4) is 6.01 Å². The Hall–Kier alpha value is -2.61. The first kappa shape index (κ1) is 15.3. The summed E-state index contributed by atoms with van der Waals surface area (Å²) >= 11 is 5.72. The van der Waals surface area contributed by atoms with Crippen molar-refractivity contribution in [1.29, 1.82) is 0 Å². The number of alkyl halides is 1. The zero-order valence-corrected chi connectivity index (χ0v) is 13.2. The zero-order chi connectivity index (χ0) is 16.4. The van der Waals surface area contributed by atoms with Crippen molar-refractivity contribution in [2.75, 3.05) is 12.3 Å². The SMILES string of the molecule is CCOc1nc(N)c2[nH]c(=O)n(Cc3ccc(CCl)nc3)c2n1. The number of aromatic amines is 1. The van der Waals surface area contributed by atoms with Crippen molar-refractivity contribution in [1.82, 2.24) is 24.5 Å². The zero-order valence-electron chi connectivity index (χ0n) is 12.4. The fourth-order valence-electron chi connectivity index (χ4n) is 2.18. The van der Waals surface area contributed by atoms with Crippen molar-refractivity contribution >= 4 is 28.6 Å². The number of rotatable bonds is 5. The predicted molar refractivity (Wildman–Crippen MR) is 86.6 cm³/mol. The van der Waals surface area contributed by atoms with Crippen LogP contribution < -0.4 is 16.2 Å². The molecule has 23 heavy (non-hydrogen) atoms. The number of imidazole rings is 1. The van der Waals surface area contributed by atoms with E-state index in [9.17, 15) is 4.79 Å². The molecule has 8 nitrogen and oxygen atoms in total. The molecule has 120 valence electrons. The monoisotopic (exact) mass is 334 g/mol. The Labute approximate surface area is 136 Å². The lowest BCUT2D eigenvalue weighted by Gasteiger charge is -2.06. The first-order chi connectivity index (χ1) is 11.1. The number of nitrogens with two attached hydrogens (primary N) is 1. The smallest absolute Gasteiger partial charge is 0.328 e. The number of hydrogen-bond acceptors (Lipinski definition) is 6. The number of hydrogen-bond donors (Lipinski definition) is 2. The molecular weight excluding hydrogens is 320 g/mol. The molecule has 0 bridgehead atoms. The molecule has 0 unspecified atom stereocenters. The lowest BCUT2D eigenvalue weighted by molar-refractivity contribution is 0.314. The summed E-state index contributed by atoms with van der Waals surface area (Å²) in [7, 11) is 0. The number of pyridine rings is 1. The third kappa shape index (κ3) is 2.98. The van der Waals surface area contributed by atoms with E-state index in [0.717, 1.165) is 11.3 Å². The van der Waals surface area contributed by atoms with Gasteiger partial charge in [0.25, 0.3) is 0 Å². The summed E-state index contributed by atoms with van der Waals surface area (Å²) in [6.45, 7) is 2.53. The van der Waals surface area contributed by atoms with Crippen LogP contribution in [0.5, 0.6) is 6.01 Å². The number of aromatic nitrogens is 5. The molecular formula is C14H15ClN6O2. The van der Waals surface area contributed by atoms with Gasteiger partial charge in [0.1, 0.15) is 5.52 Å². The Balaban J connectivity index is 2.05. The van der Waals surface area contributed by atoms with Gasteiger partial charge in [-0.1, -0.05) is 6.07 Å². The molecule has 0 amide bonds. The summed E-state index contributed by atoms with van der Waals surface area (Å²) in [4.78, 5) is 27.3. The van der Waals surface area contributed by atoms with E-state index in [-0.39, 0.29) is 17.5 Å². The van der Waals surface area contributed by atoms with Crippen LogP contribution in [0.2, 0.25) is 0 Å². The van der Waals surface area contributed by atoms with Crippen LogP contribution in [-0.4, -0.2) is 31.1 Å². The van der Waals surface area contributed by atoms with E-state index >= 15 is 0 Å². The first-order valence-electron chi connectivity index (χ1n) is 7.01. The number of fused-ring (bicyclic) bond motifs is 1. The van der Waals surface area contributed by atoms with Gasteiger partial charge in [-0.05, 0) is 18.6 Å². The van der Waals surface area contributed by atoms with E-state index < -0.39 is 0 Å². The topological polar surface area (TPSA) is 112 Å². The molecule has 0 radical (unpaired) electrons. The molecule has 3 aromatic heterocycles. The molecule has 0 spiro atoms. The summed E-state index contributed by atoms with van der Waals surface area (Å²) < 4.78 is 6.75. The van der Waals surface area contributed by atoms with Gasteiger partial charge >= 0.3 is 11.7 Å². The minimum Gasteiger partial charge on any atom is -0.464 e. The lowest BCUT2D eigenvalue weighted by Crippen LogP contribution is -2.18. The van der Waals surface area contributed by atoms with E-state index in [4.69, 9.17) is 22.1 Å². The second-order valence-corrected chi connectivity index (χ2v) is 5.10. The standard InChI is InChI=1S/C14H15ClN6O2/c1-2-23-13-19-11(16)10-12(20-13)21(14(22)18-10)7-8-3-4-9(5-15)17-6-8/h3-4,6H,2,5,7H2,1H3,(H,18,22)(H2,16,19,20). The lowest BCUT2D eigenvalue weighted by atomic mass is 10.2. The molecule has 9 heteroatoms. The molecule has 0 aromatic carbocycles. The van der Waals surface area contributed by atoms with E-state index in [1.54, 1.807) is 6.20 Å². The Kier molecular flexibility index (Phi) is 4.16. The van der Waals surface area contributed by atoms with E-state index in [2.05, 4.69) is 19.9 Å². The number of nitrogen functional groups attached to an aromatic ring is 1. The summed E-state index contributed by atoms with van der Waals surface area (Å²) in [6, 6.07) is 3.82. The van der Waals surface area contributed by atoms with Gasteiger partial charge in [-0.3, -0.25) is 9.55 Å². The second kappa shape index (κ2) is 6.25. The maximum atomic E-state index is 12.2. The highest BCUT2D eigenvalue weighted by Crippen LogP contribution is 2.18. The van der Waals surface area contributed by atoms with Crippen LogP contribution in [-0.2, 0) is 12.4 Å². The van der Waals surface area contributed by atoms with Gasteiger partial charge in [-0.15, -0.1) is 11.6 Å². The van der Waals surface area contributed by atoms with Crippen LogP contribution in [0, 0.1) is 0 Å². The van der Waals surface area contributed by atoms with Crippen LogP contribution >= 0.6 is 11.6 Å². The van der Waals surface area contributed by atoms with Crippen molar-refractivity contribution < 1.29 is 4.74 Å². The number of nitrogens with zero attached hydrogens (tertiary/aromatic N) is 4. The number of halogens is 1. The van der Waals surface area contributed by atoms with Gasteiger partial charge < -0.3 is 15.5 Å². The van der Waals surface area contributed by atoms with Gasteiger partial charge in [0.2, 0.25) is 0 Å². The molecule has 0 fully saturated rings.